The van der Waals surface area contributed by atoms with Gasteiger partial charge in [0.1, 0.15) is 12.1 Å². The Morgan fingerprint density at radius 3 is 2.48 bits per heavy atom. The van der Waals surface area contributed by atoms with Gasteiger partial charge in [0, 0.05) is 35.6 Å². The summed E-state index contributed by atoms with van der Waals surface area (Å²) < 4.78 is 6.79. The Hall–Kier alpha value is -2.69. The van der Waals surface area contributed by atoms with Crippen LogP contribution in [0.5, 0.6) is 5.75 Å². The number of terminal acetylenes is 1. The van der Waals surface area contributed by atoms with E-state index in [9.17, 15) is 0 Å². The van der Waals surface area contributed by atoms with Crippen molar-refractivity contribution in [2.75, 3.05) is 32.3 Å². The van der Waals surface area contributed by atoms with Crippen LogP contribution in [0.15, 0.2) is 67.0 Å². The molecule has 2 aromatic rings. The van der Waals surface area contributed by atoms with Crippen LogP contribution < -0.4 is 4.74 Å². The predicted molar refractivity (Wildman–Crippen MR) is 180 cm³/mol. The molecule has 5 rings (SSSR count). The van der Waals surface area contributed by atoms with E-state index in [-0.39, 0.29) is 19.4 Å². The summed E-state index contributed by atoms with van der Waals surface area (Å²) in [5.41, 5.74) is 7.93. The maximum atomic E-state index is 6.79. The molecule has 2 saturated heterocycles. The lowest BCUT2D eigenvalue weighted by Gasteiger charge is -2.50. The third-order valence-corrected chi connectivity index (χ3v) is 11.4. The first-order valence-electron chi connectivity index (χ1n) is 16.0. The molecule has 2 aromatic carbocycles. The standard InChI is InChI=1S/C38H51N2OP/c1-9-30-18-19-36(33(23-30)35(22-27(2)3)39-20-12-14-28(39)4)41-26-42(8)25-34-37(40-21-13-15-29(40)5)32-17-11-10-16-31(32)24-38(34,6)7/h1,10-11,16-19,23,27,34-35,37H,4-5,12-15,20-22,24-26H2,2-3,6-8H3. The van der Waals surface area contributed by atoms with Crippen molar-refractivity contribution < 1.29 is 4.74 Å². The molecule has 3 aliphatic rings. The van der Waals surface area contributed by atoms with Gasteiger partial charge in [-0.3, -0.25) is 0 Å². The van der Waals surface area contributed by atoms with Crippen LogP contribution in [0.2, 0.25) is 0 Å². The summed E-state index contributed by atoms with van der Waals surface area (Å²) in [6.07, 6.45) is 14.6. The Bertz CT molecular complexity index is 1340. The maximum absolute atomic E-state index is 6.79. The van der Waals surface area contributed by atoms with E-state index in [2.05, 4.69) is 99.6 Å². The number of allylic oxidation sites excluding steroid dienone is 2. The largest absolute Gasteiger partial charge is 0.489 e. The lowest BCUT2D eigenvalue weighted by atomic mass is 9.64. The van der Waals surface area contributed by atoms with Gasteiger partial charge in [0.25, 0.3) is 0 Å². The van der Waals surface area contributed by atoms with E-state index < -0.39 is 0 Å². The monoisotopic (exact) mass is 582 g/mol. The quantitative estimate of drug-likeness (QED) is 0.205. The van der Waals surface area contributed by atoms with Crippen LogP contribution in [0, 0.1) is 29.6 Å². The van der Waals surface area contributed by atoms with Crippen molar-refractivity contribution in [1.82, 2.24) is 9.80 Å². The topological polar surface area (TPSA) is 15.7 Å². The lowest BCUT2D eigenvalue weighted by Crippen LogP contribution is -2.44. The van der Waals surface area contributed by atoms with Crippen LogP contribution in [-0.2, 0) is 6.42 Å². The van der Waals surface area contributed by atoms with Crippen LogP contribution in [-0.4, -0.2) is 42.1 Å². The molecule has 4 heteroatoms. The molecule has 2 fully saturated rings. The summed E-state index contributed by atoms with van der Waals surface area (Å²) >= 11 is 0. The number of ether oxygens (including phenoxy) is 1. The van der Waals surface area contributed by atoms with E-state index in [1.165, 1.54) is 47.1 Å². The van der Waals surface area contributed by atoms with Crippen molar-refractivity contribution in [3.05, 3.63) is 89.3 Å². The van der Waals surface area contributed by atoms with Crippen molar-refractivity contribution in [2.45, 2.75) is 78.3 Å². The van der Waals surface area contributed by atoms with Gasteiger partial charge in [0.15, 0.2) is 0 Å². The number of nitrogens with zero attached hydrogens (tertiary/aromatic N) is 2. The van der Waals surface area contributed by atoms with Gasteiger partial charge in [-0.25, -0.2) is 0 Å². The van der Waals surface area contributed by atoms with E-state index in [1.807, 2.05) is 6.07 Å². The molecule has 4 unspecified atom stereocenters. The maximum Gasteiger partial charge on any atom is 0.125 e. The van der Waals surface area contributed by atoms with Crippen molar-refractivity contribution in [3.8, 4) is 18.1 Å². The average Bonchev–Trinajstić information content (AvgIpc) is 3.58. The Morgan fingerprint density at radius 2 is 1.81 bits per heavy atom. The van der Waals surface area contributed by atoms with Crippen molar-refractivity contribution >= 4 is 7.92 Å². The first kappa shape index (κ1) is 30.8. The number of rotatable bonds is 10. The van der Waals surface area contributed by atoms with Crippen LogP contribution in [0.4, 0.5) is 0 Å². The Morgan fingerprint density at radius 1 is 1.07 bits per heavy atom. The third kappa shape index (κ3) is 6.45. The fourth-order valence-corrected chi connectivity index (χ4v) is 9.50. The fraction of sp³-hybridized carbons (Fsp3) is 0.526. The van der Waals surface area contributed by atoms with Crippen molar-refractivity contribution in [2.24, 2.45) is 17.3 Å². The molecule has 0 spiro atoms. The Kier molecular flexibility index (Phi) is 9.44. The van der Waals surface area contributed by atoms with Gasteiger partial charge in [0.2, 0.25) is 0 Å². The van der Waals surface area contributed by atoms with Gasteiger partial charge in [-0.05, 0) is 97.9 Å². The first-order chi connectivity index (χ1) is 20.1. The zero-order valence-corrected chi connectivity index (χ0v) is 27.6. The summed E-state index contributed by atoms with van der Waals surface area (Å²) in [4.78, 5) is 5.15. The van der Waals surface area contributed by atoms with Gasteiger partial charge in [0.05, 0.1) is 12.1 Å². The lowest BCUT2D eigenvalue weighted by molar-refractivity contribution is 0.0959. The highest BCUT2D eigenvalue weighted by atomic mass is 31.1. The number of hydrogen-bond acceptors (Lipinski definition) is 3. The SMILES string of the molecule is C#Cc1ccc(OCP(C)CC2C(N3CCCC3=C)c3ccccc3CC2(C)C)c(C(CC(C)C)N2CCCC2=C)c1. The molecule has 2 heterocycles. The van der Waals surface area contributed by atoms with Gasteiger partial charge in [-0.1, -0.05) is 79.0 Å². The molecular formula is C38H51N2OP. The Labute approximate surface area is 257 Å². The number of benzene rings is 2. The van der Waals surface area contributed by atoms with E-state index in [1.54, 1.807) is 0 Å². The normalized spacial score (nSPS) is 23.2. The molecular weight excluding hydrogens is 531 g/mol. The second-order valence-electron chi connectivity index (χ2n) is 14.0. The zero-order chi connectivity index (χ0) is 30.0. The molecule has 0 aromatic heterocycles. The van der Waals surface area contributed by atoms with E-state index in [0.29, 0.717) is 17.9 Å². The second-order valence-corrected chi connectivity index (χ2v) is 16.3. The summed E-state index contributed by atoms with van der Waals surface area (Å²) in [5.74, 6) is 4.97. The number of hydrogen-bond donors (Lipinski definition) is 0. The molecule has 42 heavy (non-hydrogen) atoms. The zero-order valence-electron chi connectivity index (χ0n) is 26.7. The molecule has 0 radical (unpaired) electrons. The minimum Gasteiger partial charge on any atom is -0.489 e. The van der Waals surface area contributed by atoms with Crippen molar-refractivity contribution in [3.63, 3.8) is 0 Å². The molecule has 0 amide bonds. The average molecular weight is 583 g/mol. The second kappa shape index (κ2) is 12.9. The summed E-state index contributed by atoms with van der Waals surface area (Å²) in [5, 5.41) is 0. The highest BCUT2D eigenvalue weighted by Crippen LogP contribution is 2.54. The summed E-state index contributed by atoms with van der Waals surface area (Å²) in [7, 11) is -0.359. The Balaban J connectivity index is 1.39. The summed E-state index contributed by atoms with van der Waals surface area (Å²) in [6.45, 7) is 23.1. The molecule has 3 nitrogen and oxygen atoms in total. The van der Waals surface area contributed by atoms with Gasteiger partial charge in [-0.2, -0.15) is 0 Å². The fourth-order valence-electron chi connectivity index (χ4n) is 7.67. The number of likely N-dealkylation sites (tertiary alicyclic amines) is 2. The third-order valence-electron chi connectivity index (χ3n) is 9.84. The van der Waals surface area contributed by atoms with Gasteiger partial charge in [-0.15, -0.1) is 6.42 Å². The molecule has 0 N–H and O–H groups in total. The molecule has 1 aliphatic carbocycles. The smallest absolute Gasteiger partial charge is 0.125 e. The van der Waals surface area contributed by atoms with Gasteiger partial charge < -0.3 is 14.5 Å². The predicted octanol–water partition coefficient (Wildman–Crippen LogP) is 9.36. The molecule has 4 atom stereocenters. The van der Waals surface area contributed by atoms with Gasteiger partial charge >= 0.3 is 0 Å². The minimum absolute atomic E-state index is 0.205. The van der Waals surface area contributed by atoms with Crippen LogP contribution in [0.25, 0.3) is 0 Å². The van der Waals surface area contributed by atoms with E-state index in [4.69, 9.17) is 11.2 Å². The van der Waals surface area contributed by atoms with E-state index >= 15 is 0 Å². The molecule has 0 bridgehead atoms. The van der Waals surface area contributed by atoms with Crippen LogP contribution >= 0.6 is 7.92 Å². The summed E-state index contributed by atoms with van der Waals surface area (Å²) in [6, 6.07) is 16.2. The minimum atomic E-state index is -0.359. The van der Waals surface area contributed by atoms with Crippen LogP contribution in [0.3, 0.4) is 0 Å². The molecule has 0 saturated carbocycles. The first-order valence-corrected chi connectivity index (χ1v) is 18.1. The molecule has 224 valence electrons. The number of fused-ring (bicyclic) bond motifs is 1. The highest BCUT2D eigenvalue weighted by Gasteiger charge is 2.45. The highest BCUT2D eigenvalue weighted by molar-refractivity contribution is 7.56. The molecule has 2 aliphatic heterocycles. The van der Waals surface area contributed by atoms with Crippen LogP contribution in [0.1, 0.15) is 94.1 Å². The van der Waals surface area contributed by atoms with E-state index in [0.717, 1.165) is 56.4 Å². The van der Waals surface area contributed by atoms with Crippen molar-refractivity contribution in [1.29, 1.82) is 0 Å².